The highest BCUT2D eigenvalue weighted by Crippen LogP contribution is 2.36. The minimum atomic E-state index is -0.924. The number of rotatable bonds is 3. The van der Waals surface area contributed by atoms with Crippen LogP contribution in [0.15, 0.2) is 48.7 Å². The Labute approximate surface area is 117 Å². The molecule has 0 saturated carbocycles. The highest BCUT2D eigenvalue weighted by molar-refractivity contribution is 5.93. The maximum absolute atomic E-state index is 11.4. The van der Waals surface area contributed by atoms with Crippen molar-refractivity contribution in [2.75, 3.05) is 11.4 Å². The Balaban J connectivity index is 1.99. The van der Waals surface area contributed by atoms with Crippen molar-refractivity contribution in [1.29, 1.82) is 0 Å². The Kier molecular flexibility index (Phi) is 3.37. The van der Waals surface area contributed by atoms with E-state index in [4.69, 9.17) is 0 Å². The molecule has 102 valence electrons. The normalized spacial score (nSPS) is 18.2. The average Bonchev–Trinajstić information content (AvgIpc) is 2.97. The summed E-state index contributed by atoms with van der Waals surface area (Å²) in [5, 5.41) is 9.32. The van der Waals surface area contributed by atoms with Crippen LogP contribution in [-0.4, -0.2) is 22.6 Å². The number of aromatic nitrogens is 1. The summed E-state index contributed by atoms with van der Waals surface area (Å²) in [6.07, 6.45) is 3.73. The van der Waals surface area contributed by atoms with E-state index in [0.717, 1.165) is 19.4 Å². The molecule has 4 heteroatoms. The molecule has 1 N–H and O–H groups in total. The lowest BCUT2D eigenvalue weighted by atomic mass is 10.0. The second-order valence-corrected chi connectivity index (χ2v) is 4.94. The van der Waals surface area contributed by atoms with Gasteiger partial charge in [-0.15, -0.1) is 0 Å². The summed E-state index contributed by atoms with van der Waals surface area (Å²) < 4.78 is 0. The van der Waals surface area contributed by atoms with E-state index in [1.165, 1.54) is 5.56 Å². The number of benzene rings is 1. The van der Waals surface area contributed by atoms with E-state index in [2.05, 4.69) is 22.0 Å². The number of carboxylic acid groups (broad SMARTS) is 1. The zero-order valence-electron chi connectivity index (χ0n) is 11.1. The minimum absolute atomic E-state index is 0.212. The van der Waals surface area contributed by atoms with Crippen LogP contribution >= 0.6 is 0 Å². The number of carboxylic acids is 1. The van der Waals surface area contributed by atoms with Crippen LogP contribution in [0.25, 0.3) is 0 Å². The molecule has 2 aromatic rings. The summed E-state index contributed by atoms with van der Waals surface area (Å²) in [6.45, 7) is 0.844. The van der Waals surface area contributed by atoms with Crippen molar-refractivity contribution < 1.29 is 9.90 Å². The van der Waals surface area contributed by atoms with E-state index in [1.54, 1.807) is 18.3 Å². The van der Waals surface area contributed by atoms with Gasteiger partial charge in [-0.05, 0) is 30.5 Å². The average molecular weight is 268 g/mol. The Morgan fingerprint density at radius 2 is 2.00 bits per heavy atom. The second-order valence-electron chi connectivity index (χ2n) is 4.94. The number of nitrogens with zero attached hydrogens (tertiary/aromatic N) is 2. The van der Waals surface area contributed by atoms with Gasteiger partial charge in [0.25, 0.3) is 0 Å². The summed E-state index contributed by atoms with van der Waals surface area (Å²) >= 11 is 0. The number of carbonyl (C=O) groups is 1. The molecule has 1 atom stereocenters. The number of hydrogen-bond acceptors (Lipinski definition) is 3. The maximum Gasteiger partial charge on any atom is 0.339 e. The lowest BCUT2D eigenvalue weighted by Crippen LogP contribution is -2.25. The fourth-order valence-corrected chi connectivity index (χ4v) is 2.83. The van der Waals surface area contributed by atoms with Crippen molar-refractivity contribution >= 4 is 11.8 Å². The largest absolute Gasteiger partial charge is 0.478 e. The zero-order valence-corrected chi connectivity index (χ0v) is 11.1. The molecule has 0 aliphatic carbocycles. The van der Waals surface area contributed by atoms with Crippen molar-refractivity contribution in [3.63, 3.8) is 0 Å². The molecule has 3 rings (SSSR count). The molecule has 0 unspecified atom stereocenters. The molecule has 1 aliphatic rings. The van der Waals surface area contributed by atoms with Gasteiger partial charge in [-0.1, -0.05) is 30.3 Å². The topological polar surface area (TPSA) is 53.4 Å². The molecule has 0 bridgehead atoms. The summed E-state index contributed by atoms with van der Waals surface area (Å²) in [4.78, 5) is 17.8. The van der Waals surface area contributed by atoms with Gasteiger partial charge in [0.15, 0.2) is 0 Å². The Morgan fingerprint density at radius 3 is 2.75 bits per heavy atom. The molecule has 0 spiro atoms. The van der Waals surface area contributed by atoms with Crippen LogP contribution in [0.2, 0.25) is 0 Å². The first-order valence-electron chi connectivity index (χ1n) is 6.77. The molecule has 1 aromatic heterocycles. The van der Waals surface area contributed by atoms with Gasteiger partial charge >= 0.3 is 5.97 Å². The SMILES string of the molecule is O=C(O)c1cccnc1N1CCC[C@@H]1c1ccccc1. The van der Waals surface area contributed by atoms with Gasteiger partial charge < -0.3 is 10.0 Å². The number of aromatic carboxylic acids is 1. The monoisotopic (exact) mass is 268 g/mol. The summed E-state index contributed by atoms with van der Waals surface area (Å²) in [6, 6.07) is 13.7. The van der Waals surface area contributed by atoms with E-state index < -0.39 is 5.97 Å². The lowest BCUT2D eigenvalue weighted by Gasteiger charge is -2.27. The molecular formula is C16H16N2O2. The fraction of sp³-hybridized carbons (Fsp3) is 0.250. The van der Waals surface area contributed by atoms with E-state index >= 15 is 0 Å². The highest BCUT2D eigenvalue weighted by atomic mass is 16.4. The van der Waals surface area contributed by atoms with Crippen LogP contribution in [0.4, 0.5) is 5.82 Å². The molecule has 1 fully saturated rings. The van der Waals surface area contributed by atoms with Crippen molar-refractivity contribution in [3.8, 4) is 0 Å². The molecular weight excluding hydrogens is 252 g/mol. The molecule has 4 nitrogen and oxygen atoms in total. The van der Waals surface area contributed by atoms with Crippen molar-refractivity contribution in [3.05, 3.63) is 59.8 Å². The maximum atomic E-state index is 11.4. The first-order chi connectivity index (χ1) is 9.77. The van der Waals surface area contributed by atoms with Crippen molar-refractivity contribution in [1.82, 2.24) is 4.98 Å². The van der Waals surface area contributed by atoms with Crippen LogP contribution in [0.3, 0.4) is 0 Å². The molecule has 1 saturated heterocycles. The van der Waals surface area contributed by atoms with Gasteiger partial charge in [-0.25, -0.2) is 9.78 Å². The number of pyridine rings is 1. The highest BCUT2D eigenvalue weighted by Gasteiger charge is 2.29. The third-order valence-electron chi connectivity index (χ3n) is 3.73. The number of hydrogen-bond donors (Lipinski definition) is 1. The summed E-state index contributed by atoms with van der Waals surface area (Å²) in [5.41, 5.74) is 1.49. The first kappa shape index (κ1) is 12.7. The standard InChI is InChI=1S/C16H16N2O2/c19-16(20)13-8-4-10-17-15(13)18-11-5-9-14(18)12-6-2-1-3-7-12/h1-4,6-8,10,14H,5,9,11H2,(H,19,20)/t14-/m1/s1. The van der Waals surface area contributed by atoms with E-state index in [1.807, 2.05) is 18.2 Å². The van der Waals surface area contributed by atoms with E-state index in [0.29, 0.717) is 5.82 Å². The molecule has 20 heavy (non-hydrogen) atoms. The smallest absolute Gasteiger partial charge is 0.339 e. The third-order valence-corrected chi connectivity index (χ3v) is 3.73. The van der Waals surface area contributed by atoms with E-state index in [-0.39, 0.29) is 11.6 Å². The van der Waals surface area contributed by atoms with Crippen LogP contribution in [0.5, 0.6) is 0 Å². The third kappa shape index (κ3) is 2.25. The van der Waals surface area contributed by atoms with Gasteiger partial charge in [0, 0.05) is 12.7 Å². The van der Waals surface area contributed by atoms with Gasteiger partial charge in [0.05, 0.1) is 6.04 Å². The molecule has 0 radical (unpaired) electrons. The molecule has 2 heterocycles. The van der Waals surface area contributed by atoms with Crippen LogP contribution in [-0.2, 0) is 0 Å². The fourth-order valence-electron chi connectivity index (χ4n) is 2.83. The second kappa shape index (κ2) is 5.33. The van der Waals surface area contributed by atoms with E-state index in [9.17, 15) is 9.90 Å². The first-order valence-corrected chi connectivity index (χ1v) is 6.77. The van der Waals surface area contributed by atoms with Gasteiger partial charge in [-0.3, -0.25) is 0 Å². The Morgan fingerprint density at radius 1 is 1.20 bits per heavy atom. The minimum Gasteiger partial charge on any atom is -0.478 e. The summed E-state index contributed by atoms with van der Waals surface area (Å²) in [5.74, 6) is -0.349. The molecule has 0 amide bonds. The Hall–Kier alpha value is -2.36. The van der Waals surface area contributed by atoms with Crippen molar-refractivity contribution in [2.45, 2.75) is 18.9 Å². The predicted molar refractivity (Wildman–Crippen MR) is 77.0 cm³/mol. The quantitative estimate of drug-likeness (QED) is 0.929. The van der Waals surface area contributed by atoms with Crippen LogP contribution in [0, 0.1) is 0 Å². The summed E-state index contributed by atoms with van der Waals surface area (Å²) in [7, 11) is 0. The molecule has 1 aromatic carbocycles. The Bertz CT molecular complexity index is 613. The number of anilines is 1. The van der Waals surface area contributed by atoms with Gasteiger partial charge in [-0.2, -0.15) is 0 Å². The lowest BCUT2D eigenvalue weighted by molar-refractivity contribution is 0.0697. The predicted octanol–water partition coefficient (Wildman–Crippen LogP) is 3.12. The van der Waals surface area contributed by atoms with Crippen LogP contribution in [0.1, 0.15) is 34.8 Å². The zero-order chi connectivity index (χ0) is 13.9. The molecule has 1 aliphatic heterocycles. The van der Waals surface area contributed by atoms with Gasteiger partial charge in [0.2, 0.25) is 0 Å². The van der Waals surface area contributed by atoms with Crippen LogP contribution < -0.4 is 4.90 Å². The van der Waals surface area contributed by atoms with Crippen molar-refractivity contribution in [2.24, 2.45) is 0 Å². The van der Waals surface area contributed by atoms with Gasteiger partial charge in [0.1, 0.15) is 11.4 Å².